The number of nitrogens with one attached hydrogen (secondary N) is 1. The van der Waals surface area contributed by atoms with Crippen molar-refractivity contribution < 1.29 is 9.47 Å². The Morgan fingerprint density at radius 1 is 1.04 bits per heavy atom. The fourth-order valence-electron chi connectivity index (χ4n) is 5.03. The summed E-state index contributed by atoms with van der Waals surface area (Å²) in [5, 5.41) is 3.72. The number of fused-ring (bicyclic) bond motifs is 1. The topological polar surface area (TPSA) is 30.5 Å². The van der Waals surface area contributed by atoms with E-state index in [9.17, 15) is 0 Å². The molecule has 4 heteroatoms. The van der Waals surface area contributed by atoms with Gasteiger partial charge in [-0.15, -0.1) is 0 Å². The van der Waals surface area contributed by atoms with Crippen LogP contribution in [0.3, 0.4) is 0 Å². The molecule has 26 heavy (non-hydrogen) atoms. The zero-order chi connectivity index (χ0) is 17.6. The molecule has 1 N–H and O–H groups in total. The number of rotatable bonds is 2. The van der Waals surface area contributed by atoms with Crippen LogP contribution in [-0.4, -0.2) is 12.4 Å². The minimum atomic E-state index is -0.484. The number of halogens is 1. The highest BCUT2D eigenvalue weighted by Crippen LogP contribution is 2.55. The van der Waals surface area contributed by atoms with Crippen LogP contribution in [0.5, 0.6) is 5.75 Å². The summed E-state index contributed by atoms with van der Waals surface area (Å²) in [6.45, 7) is 0.846. The molecule has 0 amide bonds. The lowest BCUT2D eigenvalue weighted by atomic mass is 9.80. The number of hydrogen-bond acceptors (Lipinski definition) is 3. The molecule has 0 aromatic heterocycles. The van der Waals surface area contributed by atoms with Crippen LogP contribution in [0.1, 0.15) is 50.1 Å². The molecular formula is C22H24BrNO2. The zero-order valence-corrected chi connectivity index (χ0v) is 16.4. The van der Waals surface area contributed by atoms with Gasteiger partial charge >= 0.3 is 0 Å². The molecular weight excluding hydrogens is 390 g/mol. The van der Waals surface area contributed by atoms with Gasteiger partial charge in [0.15, 0.2) is 0 Å². The quantitative estimate of drug-likeness (QED) is 0.648. The van der Waals surface area contributed by atoms with Crippen LogP contribution in [0, 0.1) is 5.41 Å². The molecule has 3 nitrogen and oxygen atoms in total. The molecule has 0 radical (unpaired) electrons. The SMILES string of the molecule is Brc1cccc(N[C@@H]2C[C@@]3(CC4(CCCC4)CO3)Oc3ccccc32)c1. The van der Waals surface area contributed by atoms with E-state index < -0.39 is 5.79 Å². The Hall–Kier alpha value is -1.52. The summed E-state index contributed by atoms with van der Waals surface area (Å²) in [5.41, 5.74) is 2.67. The van der Waals surface area contributed by atoms with E-state index in [1.54, 1.807) is 0 Å². The molecule has 2 spiro atoms. The normalized spacial score (nSPS) is 28.9. The Morgan fingerprint density at radius 3 is 2.73 bits per heavy atom. The maximum absolute atomic E-state index is 6.49. The predicted molar refractivity (Wildman–Crippen MR) is 106 cm³/mol. The van der Waals surface area contributed by atoms with E-state index >= 15 is 0 Å². The standard InChI is InChI=1S/C22H24BrNO2/c23-16-6-5-7-17(12-16)24-19-13-22(26-20-9-2-1-8-18(19)20)14-21(15-25-22)10-3-4-11-21/h1-2,5-9,12,19,24H,3-4,10-11,13-15H2/t19-,22+/m1/s1. The summed E-state index contributed by atoms with van der Waals surface area (Å²) in [6, 6.07) is 16.9. The number of para-hydroxylation sites is 1. The number of benzene rings is 2. The summed E-state index contributed by atoms with van der Waals surface area (Å²) in [6.07, 6.45) is 7.09. The van der Waals surface area contributed by atoms with Crippen molar-refractivity contribution in [2.24, 2.45) is 5.41 Å². The van der Waals surface area contributed by atoms with Gasteiger partial charge in [0.1, 0.15) is 5.75 Å². The second-order valence-electron chi connectivity index (χ2n) is 8.13. The summed E-state index contributed by atoms with van der Waals surface area (Å²) in [7, 11) is 0. The Morgan fingerprint density at radius 2 is 1.88 bits per heavy atom. The number of hydrogen-bond donors (Lipinski definition) is 1. The maximum atomic E-state index is 6.49. The molecule has 1 aliphatic carbocycles. The van der Waals surface area contributed by atoms with Crippen LogP contribution in [-0.2, 0) is 4.74 Å². The summed E-state index contributed by atoms with van der Waals surface area (Å²) < 4.78 is 14.0. The van der Waals surface area contributed by atoms with Gasteiger partial charge in [-0.05, 0) is 37.1 Å². The molecule has 136 valence electrons. The molecule has 0 bridgehead atoms. The lowest BCUT2D eigenvalue weighted by Gasteiger charge is -2.40. The van der Waals surface area contributed by atoms with Gasteiger partial charge < -0.3 is 14.8 Å². The highest BCUT2D eigenvalue weighted by molar-refractivity contribution is 9.10. The molecule has 0 unspecified atom stereocenters. The van der Waals surface area contributed by atoms with Crippen molar-refractivity contribution in [3.63, 3.8) is 0 Å². The Balaban J connectivity index is 1.46. The smallest absolute Gasteiger partial charge is 0.213 e. The molecule has 2 aliphatic heterocycles. The molecule has 5 rings (SSSR count). The van der Waals surface area contributed by atoms with E-state index in [1.807, 2.05) is 6.07 Å². The first-order chi connectivity index (χ1) is 12.7. The minimum Gasteiger partial charge on any atom is -0.462 e. The molecule has 1 saturated heterocycles. The van der Waals surface area contributed by atoms with Gasteiger partial charge in [-0.2, -0.15) is 0 Å². The van der Waals surface area contributed by atoms with Crippen LogP contribution < -0.4 is 10.1 Å². The van der Waals surface area contributed by atoms with E-state index in [4.69, 9.17) is 9.47 Å². The largest absolute Gasteiger partial charge is 0.462 e. The van der Waals surface area contributed by atoms with Crippen LogP contribution in [0.25, 0.3) is 0 Å². The Kier molecular flexibility index (Phi) is 4.02. The van der Waals surface area contributed by atoms with Crippen molar-refractivity contribution in [1.82, 2.24) is 0 Å². The molecule has 2 heterocycles. The monoisotopic (exact) mass is 413 g/mol. The van der Waals surface area contributed by atoms with Crippen molar-refractivity contribution in [3.05, 3.63) is 58.6 Å². The van der Waals surface area contributed by atoms with E-state index in [1.165, 1.54) is 31.2 Å². The van der Waals surface area contributed by atoms with Crippen molar-refractivity contribution in [2.45, 2.75) is 50.4 Å². The predicted octanol–water partition coefficient (Wildman–Crippen LogP) is 6.06. The van der Waals surface area contributed by atoms with Crippen molar-refractivity contribution in [2.75, 3.05) is 11.9 Å². The summed E-state index contributed by atoms with van der Waals surface area (Å²) in [5.74, 6) is 0.476. The molecule has 2 aromatic carbocycles. The second-order valence-corrected chi connectivity index (χ2v) is 9.05. The average molecular weight is 414 g/mol. The third-order valence-corrected chi connectivity index (χ3v) is 6.71. The summed E-state index contributed by atoms with van der Waals surface area (Å²) in [4.78, 5) is 0. The van der Waals surface area contributed by atoms with Gasteiger partial charge in [0.25, 0.3) is 0 Å². The molecule has 3 aliphatic rings. The van der Waals surface area contributed by atoms with E-state index in [2.05, 4.69) is 63.7 Å². The van der Waals surface area contributed by atoms with E-state index in [0.717, 1.165) is 35.4 Å². The van der Waals surface area contributed by atoms with Gasteiger partial charge in [-0.3, -0.25) is 0 Å². The van der Waals surface area contributed by atoms with E-state index in [0.29, 0.717) is 5.41 Å². The third kappa shape index (κ3) is 2.93. The first kappa shape index (κ1) is 16.6. The molecule has 2 atom stereocenters. The average Bonchev–Trinajstić information content (AvgIpc) is 3.22. The second kappa shape index (κ2) is 6.28. The highest BCUT2D eigenvalue weighted by atomic mass is 79.9. The van der Waals surface area contributed by atoms with Gasteiger partial charge in [0, 0.05) is 34.0 Å². The molecule has 2 fully saturated rings. The zero-order valence-electron chi connectivity index (χ0n) is 14.8. The molecule has 1 saturated carbocycles. The first-order valence-electron chi connectivity index (χ1n) is 9.60. The highest BCUT2D eigenvalue weighted by Gasteiger charge is 2.54. The van der Waals surface area contributed by atoms with Gasteiger partial charge in [-0.25, -0.2) is 0 Å². The van der Waals surface area contributed by atoms with Crippen molar-refractivity contribution >= 4 is 21.6 Å². The van der Waals surface area contributed by atoms with Gasteiger partial charge in [0.2, 0.25) is 5.79 Å². The summed E-state index contributed by atoms with van der Waals surface area (Å²) >= 11 is 3.57. The van der Waals surface area contributed by atoms with E-state index in [-0.39, 0.29) is 6.04 Å². The lowest BCUT2D eigenvalue weighted by Crippen LogP contribution is -2.42. The lowest BCUT2D eigenvalue weighted by molar-refractivity contribution is -0.164. The molecule has 2 aromatic rings. The fourth-order valence-corrected chi connectivity index (χ4v) is 5.43. The third-order valence-electron chi connectivity index (χ3n) is 6.22. The van der Waals surface area contributed by atoms with Crippen LogP contribution in [0.2, 0.25) is 0 Å². The van der Waals surface area contributed by atoms with Crippen LogP contribution in [0.15, 0.2) is 53.0 Å². The van der Waals surface area contributed by atoms with Gasteiger partial charge in [0.05, 0.1) is 12.6 Å². The first-order valence-corrected chi connectivity index (χ1v) is 10.4. The van der Waals surface area contributed by atoms with Crippen LogP contribution in [0.4, 0.5) is 5.69 Å². The van der Waals surface area contributed by atoms with Crippen molar-refractivity contribution in [3.8, 4) is 5.75 Å². The fraction of sp³-hybridized carbons (Fsp3) is 0.455. The number of ether oxygens (including phenoxy) is 2. The number of anilines is 1. The van der Waals surface area contributed by atoms with Gasteiger partial charge in [-0.1, -0.05) is 53.0 Å². The minimum absolute atomic E-state index is 0.186. The van der Waals surface area contributed by atoms with Crippen LogP contribution >= 0.6 is 15.9 Å². The Labute approximate surface area is 163 Å². The Bertz CT molecular complexity index is 817. The van der Waals surface area contributed by atoms with Crippen molar-refractivity contribution in [1.29, 1.82) is 0 Å². The maximum Gasteiger partial charge on any atom is 0.213 e.